The lowest BCUT2D eigenvalue weighted by molar-refractivity contribution is 0.415. The minimum Gasteiger partial charge on any atom is -0.497 e. The largest absolute Gasteiger partial charge is 0.497 e. The van der Waals surface area contributed by atoms with E-state index in [4.69, 9.17) is 4.74 Å². The molecule has 0 radical (unpaired) electrons. The molecule has 2 aromatic rings. The number of hydrogen-bond acceptors (Lipinski definition) is 2. The lowest BCUT2D eigenvalue weighted by atomic mass is 10.00. The van der Waals surface area contributed by atoms with Gasteiger partial charge in [-0.05, 0) is 57.6 Å². The van der Waals surface area contributed by atoms with Crippen LogP contribution < -0.4 is 4.74 Å². The third-order valence-electron chi connectivity index (χ3n) is 3.52. The van der Waals surface area contributed by atoms with Gasteiger partial charge in [0.15, 0.2) is 0 Å². The van der Waals surface area contributed by atoms with E-state index in [-0.39, 0.29) is 0 Å². The Bertz CT molecular complexity index is 530. The summed E-state index contributed by atoms with van der Waals surface area (Å²) >= 11 is 5.49. The molecule has 1 aromatic carbocycles. The van der Waals surface area contributed by atoms with E-state index in [2.05, 4.69) is 40.4 Å². The summed E-state index contributed by atoms with van der Waals surface area (Å²) in [5, 5.41) is 2.25. The van der Waals surface area contributed by atoms with Crippen molar-refractivity contribution in [1.82, 2.24) is 0 Å². The lowest BCUT2D eigenvalue weighted by Crippen LogP contribution is -1.89. The van der Waals surface area contributed by atoms with Gasteiger partial charge in [-0.1, -0.05) is 38.3 Å². The predicted octanol–water partition coefficient (Wildman–Crippen LogP) is 6.31. The predicted molar refractivity (Wildman–Crippen MR) is 91.9 cm³/mol. The fourth-order valence-corrected chi connectivity index (χ4v) is 3.88. The first-order chi connectivity index (χ1) is 9.76. The summed E-state index contributed by atoms with van der Waals surface area (Å²) in [5.74, 6) is 0.910. The van der Waals surface area contributed by atoms with Crippen molar-refractivity contribution in [2.75, 3.05) is 7.11 Å². The van der Waals surface area contributed by atoms with Crippen LogP contribution in [-0.4, -0.2) is 7.11 Å². The Morgan fingerprint density at radius 2 is 1.85 bits per heavy atom. The maximum Gasteiger partial charge on any atom is 0.118 e. The van der Waals surface area contributed by atoms with E-state index in [9.17, 15) is 0 Å². The van der Waals surface area contributed by atoms with E-state index in [1.54, 1.807) is 18.4 Å². The zero-order valence-corrected chi connectivity index (χ0v) is 14.5. The molecule has 0 unspecified atom stereocenters. The van der Waals surface area contributed by atoms with Crippen LogP contribution in [0.3, 0.4) is 0 Å². The fraction of sp³-hybridized carbons (Fsp3) is 0.412. The van der Waals surface area contributed by atoms with Crippen LogP contribution in [-0.2, 0) is 6.42 Å². The van der Waals surface area contributed by atoms with Crippen molar-refractivity contribution < 1.29 is 4.74 Å². The number of thiophene rings is 1. The molecule has 1 aromatic heterocycles. The molecular weight excluding hydrogens is 332 g/mol. The normalized spacial score (nSPS) is 10.8. The highest BCUT2D eigenvalue weighted by molar-refractivity contribution is 9.11. The summed E-state index contributed by atoms with van der Waals surface area (Å²) < 4.78 is 6.50. The smallest absolute Gasteiger partial charge is 0.118 e. The Morgan fingerprint density at radius 3 is 2.50 bits per heavy atom. The molecule has 0 fully saturated rings. The van der Waals surface area contributed by atoms with Crippen LogP contribution in [0, 0.1) is 0 Å². The first kappa shape index (κ1) is 15.6. The summed E-state index contributed by atoms with van der Waals surface area (Å²) in [4.78, 5) is 0. The highest BCUT2D eigenvalue weighted by atomic mass is 79.9. The molecule has 2 rings (SSSR count). The summed E-state index contributed by atoms with van der Waals surface area (Å²) in [5.41, 5.74) is 4.09. The second-order valence-electron chi connectivity index (χ2n) is 4.94. The minimum absolute atomic E-state index is 0.910. The van der Waals surface area contributed by atoms with Gasteiger partial charge in [-0.2, -0.15) is 0 Å². The Balaban J connectivity index is 2.14. The minimum atomic E-state index is 0.910. The number of halogens is 1. The van der Waals surface area contributed by atoms with Crippen LogP contribution in [0.15, 0.2) is 33.4 Å². The number of ether oxygens (including phenoxy) is 1. The maximum atomic E-state index is 5.23. The molecule has 3 heteroatoms. The van der Waals surface area contributed by atoms with Gasteiger partial charge in [0.1, 0.15) is 5.75 Å². The van der Waals surface area contributed by atoms with Crippen molar-refractivity contribution in [1.29, 1.82) is 0 Å². The summed E-state index contributed by atoms with van der Waals surface area (Å²) in [7, 11) is 1.70. The first-order valence-electron chi connectivity index (χ1n) is 7.16. The third kappa shape index (κ3) is 3.86. The summed E-state index contributed by atoms with van der Waals surface area (Å²) in [6, 6.07) is 8.34. The Morgan fingerprint density at radius 1 is 1.10 bits per heavy atom. The maximum absolute atomic E-state index is 5.23. The molecule has 0 N–H and O–H groups in total. The van der Waals surface area contributed by atoms with E-state index in [1.807, 2.05) is 12.1 Å². The third-order valence-corrected chi connectivity index (χ3v) is 5.37. The van der Waals surface area contributed by atoms with Crippen LogP contribution in [0.1, 0.15) is 38.2 Å². The van der Waals surface area contributed by atoms with Gasteiger partial charge >= 0.3 is 0 Å². The highest BCUT2D eigenvalue weighted by Crippen LogP contribution is 2.36. The zero-order chi connectivity index (χ0) is 14.4. The van der Waals surface area contributed by atoms with Crippen LogP contribution in [0.5, 0.6) is 5.75 Å². The van der Waals surface area contributed by atoms with Crippen molar-refractivity contribution in [3.63, 3.8) is 0 Å². The van der Waals surface area contributed by atoms with Crippen LogP contribution in [0.25, 0.3) is 11.1 Å². The molecule has 0 amide bonds. The van der Waals surface area contributed by atoms with E-state index in [0.29, 0.717) is 0 Å². The van der Waals surface area contributed by atoms with Crippen molar-refractivity contribution in [2.45, 2.75) is 39.0 Å². The van der Waals surface area contributed by atoms with Crippen molar-refractivity contribution in [2.24, 2.45) is 0 Å². The monoisotopic (exact) mass is 352 g/mol. The second-order valence-corrected chi connectivity index (χ2v) is 7.14. The Hall–Kier alpha value is -0.800. The summed E-state index contributed by atoms with van der Waals surface area (Å²) in [6.07, 6.45) is 6.37. The van der Waals surface area contributed by atoms with Crippen LogP contribution in [0.2, 0.25) is 0 Å². The molecule has 0 bridgehead atoms. The SMILES string of the molecule is CCCCCCc1c(-c2ccc(OC)cc2)csc1Br. The van der Waals surface area contributed by atoms with E-state index in [1.165, 1.54) is 46.2 Å². The van der Waals surface area contributed by atoms with Crippen molar-refractivity contribution in [3.8, 4) is 16.9 Å². The van der Waals surface area contributed by atoms with Gasteiger partial charge in [0, 0.05) is 5.38 Å². The van der Waals surface area contributed by atoms with Crippen LogP contribution >= 0.6 is 27.3 Å². The highest BCUT2D eigenvalue weighted by Gasteiger charge is 2.11. The standard InChI is InChI=1S/C17H21BrOS/c1-3-4-5-6-7-15-16(12-20-17(15)18)13-8-10-14(19-2)11-9-13/h8-12H,3-7H2,1-2H3. The van der Waals surface area contributed by atoms with Gasteiger partial charge in [0.2, 0.25) is 0 Å². The average Bonchev–Trinajstić information content (AvgIpc) is 2.85. The fourth-order valence-electron chi connectivity index (χ4n) is 2.33. The molecule has 0 aliphatic rings. The first-order valence-corrected chi connectivity index (χ1v) is 8.83. The van der Waals surface area contributed by atoms with Crippen molar-refractivity contribution >= 4 is 27.3 Å². The number of unbranched alkanes of at least 4 members (excludes halogenated alkanes) is 3. The average molecular weight is 353 g/mol. The Labute approximate surface area is 134 Å². The molecule has 0 aliphatic heterocycles. The molecule has 1 nitrogen and oxygen atoms in total. The van der Waals surface area contributed by atoms with Gasteiger partial charge in [-0.25, -0.2) is 0 Å². The van der Waals surface area contributed by atoms with Gasteiger partial charge in [0.05, 0.1) is 10.9 Å². The topological polar surface area (TPSA) is 9.23 Å². The molecule has 0 saturated heterocycles. The molecule has 20 heavy (non-hydrogen) atoms. The van der Waals surface area contributed by atoms with Crippen LogP contribution in [0.4, 0.5) is 0 Å². The molecular formula is C17H21BrOS. The molecule has 0 atom stereocenters. The van der Waals surface area contributed by atoms with Gasteiger partial charge in [-0.3, -0.25) is 0 Å². The Kier molecular flexibility index (Phi) is 6.11. The van der Waals surface area contributed by atoms with Gasteiger partial charge in [-0.15, -0.1) is 11.3 Å². The number of hydrogen-bond donors (Lipinski definition) is 0. The van der Waals surface area contributed by atoms with Gasteiger partial charge < -0.3 is 4.74 Å². The molecule has 0 aliphatic carbocycles. The van der Waals surface area contributed by atoms with Gasteiger partial charge in [0.25, 0.3) is 0 Å². The molecule has 0 spiro atoms. The number of benzene rings is 1. The quantitative estimate of drug-likeness (QED) is 0.530. The van der Waals surface area contributed by atoms with E-state index < -0.39 is 0 Å². The number of rotatable bonds is 7. The molecule has 1 heterocycles. The molecule has 0 saturated carbocycles. The van der Waals surface area contributed by atoms with E-state index >= 15 is 0 Å². The number of methoxy groups -OCH3 is 1. The second kappa shape index (κ2) is 7.84. The van der Waals surface area contributed by atoms with E-state index in [0.717, 1.165) is 12.2 Å². The zero-order valence-electron chi connectivity index (χ0n) is 12.1. The molecule has 108 valence electrons. The summed E-state index contributed by atoms with van der Waals surface area (Å²) in [6.45, 7) is 2.25. The lowest BCUT2D eigenvalue weighted by Gasteiger charge is -2.07. The van der Waals surface area contributed by atoms with Crippen molar-refractivity contribution in [3.05, 3.63) is 39.0 Å².